The van der Waals surface area contributed by atoms with E-state index in [1.165, 1.54) is 12.1 Å². The molecule has 0 aliphatic carbocycles. The van der Waals surface area contributed by atoms with Crippen molar-refractivity contribution in [3.05, 3.63) is 69.2 Å². The molecule has 0 spiro atoms. The number of aliphatic hydroxyl groups is 1. The smallest absolute Gasteiger partial charge is 0.164 e. The third-order valence-corrected chi connectivity index (χ3v) is 3.96. The van der Waals surface area contributed by atoms with Gasteiger partial charge in [-0.05, 0) is 23.8 Å². The molecular formula is C15H13Cl2F2NO. The molecule has 0 bridgehead atoms. The maximum absolute atomic E-state index is 13.8. The van der Waals surface area contributed by atoms with Crippen molar-refractivity contribution in [1.82, 2.24) is 0 Å². The Morgan fingerprint density at radius 1 is 1.05 bits per heavy atom. The van der Waals surface area contributed by atoms with E-state index >= 15 is 0 Å². The van der Waals surface area contributed by atoms with Gasteiger partial charge in [-0.1, -0.05) is 41.4 Å². The SMILES string of the molecule is NCC(c1c(Cl)cccc1Cl)C(O)c1cccc(F)c1F. The lowest BCUT2D eigenvalue weighted by Gasteiger charge is -2.24. The van der Waals surface area contributed by atoms with E-state index < -0.39 is 23.7 Å². The second kappa shape index (κ2) is 6.71. The van der Waals surface area contributed by atoms with Crippen LogP contribution in [-0.4, -0.2) is 11.7 Å². The van der Waals surface area contributed by atoms with Crippen LogP contribution in [0.2, 0.25) is 10.0 Å². The Morgan fingerprint density at radius 2 is 1.62 bits per heavy atom. The van der Waals surface area contributed by atoms with Crippen LogP contribution in [0.5, 0.6) is 0 Å². The summed E-state index contributed by atoms with van der Waals surface area (Å²) in [6.07, 6.45) is -1.36. The Balaban J connectivity index is 2.48. The first-order chi connectivity index (χ1) is 9.97. The molecule has 3 N–H and O–H groups in total. The van der Waals surface area contributed by atoms with E-state index in [1.54, 1.807) is 18.2 Å². The van der Waals surface area contributed by atoms with Gasteiger partial charge in [0.2, 0.25) is 0 Å². The average Bonchev–Trinajstić information content (AvgIpc) is 2.45. The topological polar surface area (TPSA) is 46.2 Å². The highest BCUT2D eigenvalue weighted by atomic mass is 35.5. The van der Waals surface area contributed by atoms with E-state index in [0.717, 1.165) is 6.07 Å². The van der Waals surface area contributed by atoms with Gasteiger partial charge < -0.3 is 10.8 Å². The van der Waals surface area contributed by atoms with E-state index in [-0.39, 0.29) is 12.1 Å². The van der Waals surface area contributed by atoms with Crippen LogP contribution in [0, 0.1) is 11.6 Å². The second-order valence-electron chi connectivity index (χ2n) is 4.57. The summed E-state index contributed by atoms with van der Waals surface area (Å²) < 4.78 is 27.1. The Hall–Kier alpha value is -1.20. The molecule has 2 aromatic rings. The first kappa shape index (κ1) is 16.2. The number of hydrogen-bond donors (Lipinski definition) is 2. The molecule has 0 heterocycles. The zero-order valence-electron chi connectivity index (χ0n) is 10.9. The summed E-state index contributed by atoms with van der Waals surface area (Å²) in [6.45, 7) is -0.0272. The van der Waals surface area contributed by atoms with E-state index in [2.05, 4.69) is 0 Å². The van der Waals surface area contributed by atoms with Gasteiger partial charge in [0.05, 0.1) is 6.10 Å². The quantitative estimate of drug-likeness (QED) is 0.887. The largest absolute Gasteiger partial charge is 0.388 e. The summed E-state index contributed by atoms with van der Waals surface area (Å²) in [6, 6.07) is 8.44. The lowest BCUT2D eigenvalue weighted by Crippen LogP contribution is -2.22. The third-order valence-electron chi connectivity index (χ3n) is 3.31. The van der Waals surface area contributed by atoms with E-state index in [0.29, 0.717) is 15.6 Å². The number of halogens is 4. The minimum Gasteiger partial charge on any atom is -0.388 e. The summed E-state index contributed by atoms with van der Waals surface area (Å²) in [4.78, 5) is 0. The molecule has 0 fully saturated rings. The van der Waals surface area contributed by atoms with Crippen molar-refractivity contribution in [2.24, 2.45) is 5.73 Å². The van der Waals surface area contributed by atoms with Crippen molar-refractivity contribution in [2.45, 2.75) is 12.0 Å². The van der Waals surface area contributed by atoms with Crippen LogP contribution in [0.1, 0.15) is 23.1 Å². The van der Waals surface area contributed by atoms with Gasteiger partial charge in [0.1, 0.15) is 0 Å². The second-order valence-corrected chi connectivity index (χ2v) is 5.38. The normalized spacial score (nSPS) is 14.0. The van der Waals surface area contributed by atoms with Gasteiger partial charge in [-0.25, -0.2) is 8.78 Å². The molecular weight excluding hydrogens is 319 g/mol. The van der Waals surface area contributed by atoms with Crippen LogP contribution >= 0.6 is 23.2 Å². The average molecular weight is 332 g/mol. The molecule has 0 amide bonds. The molecule has 0 aliphatic heterocycles. The summed E-state index contributed by atoms with van der Waals surface area (Å²) in [5.74, 6) is -2.89. The fourth-order valence-electron chi connectivity index (χ4n) is 2.24. The van der Waals surface area contributed by atoms with Gasteiger partial charge in [-0.15, -0.1) is 0 Å². The molecule has 0 radical (unpaired) electrons. The van der Waals surface area contributed by atoms with Crippen LogP contribution in [0.15, 0.2) is 36.4 Å². The number of nitrogens with two attached hydrogens (primary N) is 1. The molecule has 6 heteroatoms. The van der Waals surface area contributed by atoms with E-state index in [1.807, 2.05) is 0 Å². The number of benzene rings is 2. The molecule has 0 saturated carbocycles. The molecule has 112 valence electrons. The van der Waals surface area contributed by atoms with E-state index in [9.17, 15) is 13.9 Å². The van der Waals surface area contributed by atoms with Crippen molar-refractivity contribution in [2.75, 3.05) is 6.54 Å². The van der Waals surface area contributed by atoms with Crippen LogP contribution in [-0.2, 0) is 0 Å². The zero-order valence-corrected chi connectivity index (χ0v) is 12.4. The van der Waals surface area contributed by atoms with Crippen molar-refractivity contribution in [1.29, 1.82) is 0 Å². The molecule has 21 heavy (non-hydrogen) atoms. The summed E-state index contributed by atoms with van der Waals surface area (Å²) in [5, 5.41) is 11.0. The monoisotopic (exact) mass is 331 g/mol. The van der Waals surface area contributed by atoms with Gasteiger partial charge in [-0.2, -0.15) is 0 Å². The van der Waals surface area contributed by atoms with Crippen molar-refractivity contribution in [3.63, 3.8) is 0 Å². The van der Waals surface area contributed by atoms with Crippen molar-refractivity contribution >= 4 is 23.2 Å². The highest BCUT2D eigenvalue weighted by Crippen LogP contribution is 2.39. The third kappa shape index (κ3) is 3.19. The highest BCUT2D eigenvalue weighted by molar-refractivity contribution is 6.36. The van der Waals surface area contributed by atoms with E-state index in [4.69, 9.17) is 28.9 Å². The Kier molecular flexibility index (Phi) is 5.17. The Morgan fingerprint density at radius 3 is 2.19 bits per heavy atom. The molecule has 2 nitrogen and oxygen atoms in total. The lowest BCUT2D eigenvalue weighted by atomic mass is 9.88. The number of aliphatic hydroxyl groups excluding tert-OH is 1. The first-order valence-electron chi connectivity index (χ1n) is 6.23. The molecule has 2 rings (SSSR count). The van der Waals surface area contributed by atoms with Crippen molar-refractivity contribution in [3.8, 4) is 0 Å². The van der Waals surface area contributed by atoms with Crippen LogP contribution < -0.4 is 5.73 Å². The van der Waals surface area contributed by atoms with Gasteiger partial charge in [0, 0.05) is 28.1 Å². The molecule has 2 atom stereocenters. The van der Waals surface area contributed by atoms with Crippen LogP contribution in [0.4, 0.5) is 8.78 Å². The molecule has 0 aliphatic rings. The van der Waals surface area contributed by atoms with Gasteiger partial charge in [-0.3, -0.25) is 0 Å². The van der Waals surface area contributed by atoms with Gasteiger partial charge in [0.25, 0.3) is 0 Å². The maximum Gasteiger partial charge on any atom is 0.164 e. The predicted octanol–water partition coefficient (Wildman–Crippen LogP) is 4.05. The van der Waals surface area contributed by atoms with Crippen molar-refractivity contribution < 1.29 is 13.9 Å². The zero-order chi connectivity index (χ0) is 15.6. The summed E-state index contributed by atoms with van der Waals surface area (Å²) >= 11 is 12.2. The number of rotatable bonds is 4. The van der Waals surface area contributed by atoms with Crippen LogP contribution in [0.25, 0.3) is 0 Å². The molecule has 2 aromatic carbocycles. The fraction of sp³-hybridized carbons (Fsp3) is 0.200. The summed E-state index contributed by atoms with van der Waals surface area (Å²) in [7, 11) is 0. The molecule has 0 saturated heterocycles. The molecule has 2 unspecified atom stereocenters. The number of hydrogen-bond acceptors (Lipinski definition) is 2. The Labute approximate surface area is 131 Å². The summed E-state index contributed by atoms with van der Waals surface area (Å²) in [5.41, 5.74) is 5.91. The minimum atomic E-state index is -1.36. The predicted molar refractivity (Wildman–Crippen MR) is 79.6 cm³/mol. The standard InChI is InChI=1S/C15H13Cl2F2NO/c16-10-4-2-5-11(17)13(10)9(7-20)15(21)8-3-1-6-12(18)14(8)19/h1-6,9,15,21H,7,20H2. The lowest BCUT2D eigenvalue weighted by molar-refractivity contribution is 0.142. The van der Waals surface area contributed by atoms with Gasteiger partial charge >= 0.3 is 0 Å². The fourth-order valence-corrected chi connectivity index (χ4v) is 2.91. The Bertz CT molecular complexity index is 631. The highest BCUT2D eigenvalue weighted by Gasteiger charge is 2.28. The minimum absolute atomic E-state index is 0.0272. The van der Waals surface area contributed by atoms with Crippen LogP contribution in [0.3, 0.4) is 0 Å². The maximum atomic E-state index is 13.8. The molecule has 0 aromatic heterocycles. The van der Waals surface area contributed by atoms with Gasteiger partial charge in [0.15, 0.2) is 11.6 Å². The first-order valence-corrected chi connectivity index (χ1v) is 6.99.